The molecule has 0 saturated heterocycles. The van der Waals surface area contributed by atoms with Gasteiger partial charge in [-0.2, -0.15) is 0 Å². The van der Waals surface area contributed by atoms with Crippen molar-refractivity contribution in [2.45, 2.75) is 0 Å². The quantitative estimate of drug-likeness (QED) is 0.102. The van der Waals surface area contributed by atoms with Crippen LogP contribution in [-0.2, 0) is 0 Å². The Kier molecular flexibility index (Phi) is 10.5. The molecule has 0 atom stereocenters. The molecule has 0 saturated carbocycles. The standard InChI is InChI=1S/C63H44N4Si/c1-7-22-45(23-8-1)48-39-41-59-57(43-48)56-36-19-20-37-58(56)67(59)60-44-50(63-65-61(46-24-9-2-10-25-46)64-62(66-63)47-26-11-3-12-27-47)38-40-55(60)49-28-21-35-54(42-49)68(51-29-13-4-14-30-51,52-31-15-5-16-32-52)53-33-17-6-18-34-53/h1-44H. The molecule has 12 aromatic rings. The summed E-state index contributed by atoms with van der Waals surface area (Å²) in [6.45, 7) is 0. The molecule has 12 rings (SSSR count). The third kappa shape index (κ3) is 7.23. The van der Waals surface area contributed by atoms with Gasteiger partial charge in [-0.25, -0.2) is 15.0 Å². The predicted molar refractivity (Wildman–Crippen MR) is 285 cm³/mol. The van der Waals surface area contributed by atoms with Crippen LogP contribution in [-0.4, -0.2) is 27.6 Å². The van der Waals surface area contributed by atoms with Gasteiger partial charge in [0.2, 0.25) is 0 Å². The summed E-state index contributed by atoms with van der Waals surface area (Å²) in [4.78, 5) is 15.5. The van der Waals surface area contributed by atoms with Gasteiger partial charge in [0.05, 0.1) is 16.7 Å². The Bertz CT molecular complexity index is 3560. The minimum absolute atomic E-state index is 0.607. The van der Waals surface area contributed by atoms with Crippen LogP contribution in [0.25, 0.3) is 83.9 Å². The van der Waals surface area contributed by atoms with Gasteiger partial charge in [0.25, 0.3) is 0 Å². The minimum Gasteiger partial charge on any atom is -0.309 e. The fraction of sp³-hybridized carbons (Fsp3) is 0. The van der Waals surface area contributed by atoms with E-state index in [1.807, 2.05) is 36.4 Å². The van der Waals surface area contributed by atoms with Gasteiger partial charge in [0, 0.05) is 33.0 Å². The van der Waals surface area contributed by atoms with Crippen LogP contribution in [0.5, 0.6) is 0 Å². The molecule has 68 heavy (non-hydrogen) atoms. The Morgan fingerprint density at radius 2 is 0.691 bits per heavy atom. The third-order valence-electron chi connectivity index (χ3n) is 13.2. The highest BCUT2D eigenvalue weighted by Gasteiger charge is 2.41. The molecule has 0 aliphatic rings. The maximum atomic E-state index is 5.22. The Balaban J connectivity index is 1.14. The Morgan fingerprint density at radius 3 is 1.25 bits per heavy atom. The summed E-state index contributed by atoms with van der Waals surface area (Å²) in [6.07, 6.45) is 0. The zero-order valence-corrected chi connectivity index (χ0v) is 38.2. The molecule has 0 radical (unpaired) electrons. The first kappa shape index (κ1) is 40.7. The lowest BCUT2D eigenvalue weighted by Crippen LogP contribution is -2.74. The molecule has 0 aliphatic carbocycles. The molecule has 0 unspecified atom stereocenters. The zero-order chi connectivity index (χ0) is 45.3. The average Bonchev–Trinajstić information content (AvgIpc) is 3.76. The summed E-state index contributed by atoms with van der Waals surface area (Å²) in [7, 11) is -2.85. The molecule has 0 fully saturated rings. The molecule has 5 heteroatoms. The molecule has 0 amide bonds. The number of rotatable bonds is 10. The van der Waals surface area contributed by atoms with E-state index >= 15 is 0 Å². The largest absolute Gasteiger partial charge is 0.309 e. The van der Waals surface area contributed by atoms with E-state index in [0.29, 0.717) is 17.5 Å². The summed E-state index contributed by atoms with van der Waals surface area (Å²) in [5.41, 5.74) is 10.6. The van der Waals surface area contributed by atoms with Gasteiger partial charge in [0.1, 0.15) is 0 Å². The highest BCUT2D eigenvalue weighted by molar-refractivity contribution is 7.19. The summed E-state index contributed by atoms with van der Waals surface area (Å²) in [6, 6.07) is 96.1. The number of aromatic nitrogens is 4. The fourth-order valence-corrected chi connectivity index (χ4v) is 14.9. The predicted octanol–water partition coefficient (Wildman–Crippen LogP) is 12.7. The monoisotopic (exact) mass is 884 g/mol. The first-order chi connectivity index (χ1) is 33.7. The van der Waals surface area contributed by atoms with Crippen molar-refractivity contribution in [3.63, 3.8) is 0 Å². The van der Waals surface area contributed by atoms with E-state index in [-0.39, 0.29) is 0 Å². The number of para-hydroxylation sites is 1. The van der Waals surface area contributed by atoms with E-state index in [4.69, 9.17) is 15.0 Å². The SMILES string of the molecule is c1ccc(-c2ccc3c(c2)c2ccccc2n3-c2cc(-c3nc(-c4ccccc4)nc(-c4ccccc4)n3)ccc2-c2cccc([Si](c3ccccc3)(c3ccccc3)c3ccccc3)c2)cc1. The maximum Gasteiger partial charge on any atom is 0.179 e. The molecule has 0 N–H and O–H groups in total. The molecule has 2 aromatic heterocycles. The van der Waals surface area contributed by atoms with Gasteiger partial charge < -0.3 is 4.57 Å². The first-order valence-corrected chi connectivity index (χ1v) is 25.1. The molecule has 0 bridgehead atoms. The van der Waals surface area contributed by atoms with Gasteiger partial charge in [-0.1, -0.05) is 243 Å². The second-order valence-corrected chi connectivity index (χ2v) is 21.0. The topological polar surface area (TPSA) is 43.6 Å². The van der Waals surface area contributed by atoms with E-state index < -0.39 is 8.07 Å². The Hall–Kier alpha value is -8.77. The van der Waals surface area contributed by atoms with Crippen molar-refractivity contribution in [1.29, 1.82) is 0 Å². The Morgan fingerprint density at radius 1 is 0.265 bits per heavy atom. The van der Waals surface area contributed by atoms with E-state index in [1.165, 1.54) is 42.6 Å². The molecular formula is C63H44N4Si. The number of fused-ring (bicyclic) bond motifs is 3. The van der Waals surface area contributed by atoms with Gasteiger partial charge >= 0.3 is 0 Å². The smallest absolute Gasteiger partial charge is 0.179 e. The summed E-state index contributed by atoms with van der Waals surface area (Å²) in [5, 5.41) is 7.68. The first-order valence-electron chi connectivity index (χ1n) is 23.1. The van der Waals surface area contributed by atoms with Crippen LogP contribution in [0.2, 0.25) is 0 Å². The lowest BCUT2D eigenvalue weighted by atomic mass is 10.00. The van der Waals surface area contributed by atoms with Crippen molar-refractivity contribution in [3.8, 4) is 62.1 Å². The number of hydrogen-bond donors (Lipinski definition) is 0. The lowest BCUT2D eigenvalue weighted by Gasteiger charge is -2.34. The molecule has 10 aromatic carbocycles. The van der Waals surface area contributed by atoms with Crippen LogP contribution < -0.4 is 20.7 Å². The summed E-state index contributed by atoms with van der Waals surface area (Å²) in [5.74, 6) is 1.86. The molecule has 320 valence electrons. The second kappa shape index (κ2) is 17.6. The zero-order valence-electron chi connectivity index (χ0n) is 37.2. The van der Waals surface area contributed by atoms with E-state index in [0.717, 1.165) is 44.5 Å². The van der Waals surface area contributed by atoms with E-state index in [2.05, 4.69) is 235 Å². The summed E-state index contributed by atoms with van der Waals surface area (Å²) < 4.78 is 2.44. The van der Waals surface area contributed by atoms with Crippen molar-refractivity contribution in [2.24, 2.45) is 0 Å². The summed E-state index contributed by atoms with van der Waals surface area (Å²) >= 11 is 0. The lowest BCUT2D eigenvalue weighted by molar-refractivity contribution is 1.07. The van der Waals surface area contributed by atoms with E-state index in [1.54, 1.807) is 0 Å². The van der Waals surface area contributed by atoms with Crippen LogP contribution in [0, 0.1) is 0 Å². The molecule has 0 spiro atoms. The van der Waals surface area contributed by atoms with Crippen LogP contribution >= 0.6 is 0 Å². The Labute approximate surface area is 397 Å². The van der Waals surface area contributed by atoms with Crippen molar-refractivity contribution in [3.05, 3.63) is 267 Å². The van der Waals surface area contributed by atoms with Crippen LogP contribution in [0.3, 0.4) is 0 Å². The average molecular weight is 885 g/mol. The van der Waals surface area contributed by atoms with Crippen molar-refractivity contribution < 1.29 is 0 Å². The van der Waals surface area contributed by atoms with Crippen molar-refractivity contribution in [1.82, 2.24) is 19.5 Å². The normalized spacial score (nSPS) is 11.5. The number of benzene rings is 10. The van der Waals surface area contributed by atoms with Gasteiger partial charge in [-0.3, -0.25) is 0 Å². The maximum absolute atomic E-state index is 5.22. The molecule has 2 heterocycles. The molecule has 0 aliphatic heterocycles. The van der Waals surface area contributed by atoms with Gasteiger partial charge in [-0.15, -0.1) is 0 Å². The number of nitrogens with zero attached hydrogens (tertiary/aromatic N) is 4. The molecule has 4 nitrogen and oxygen atoms in total. The van der Waals surface area contributed by atoms with Crippen LogP contribution in [0.4, 0.5) is 0 Å². The molecular weight excluding hydrogens is 841 g/mol. The fourth-order valence-electron chi connectivity index (χ4n) is 10.1. The van der Waals surface area contributed by atoms with Gasteiger partial charge in [0.15, 0.2) is 25.5 Å². The van der Waals surface area contributed by atoms with Crippen molar-refractivity contribution >= 4 is 50.6 Å². The number of hydrogen-bond acceptors (Lipinski definition) is 3. The third-order valence-corrected chi connectivity index (χ3v) is 18.0. The second-order valence-electron chi connectivity index (χ2n) is 17.1. The van der Waals surface area contributed by atoms with Crippen molar-refractivity contribution in [2.75, 3.05) is 0 Å². The van der Waals surface area contributed by atoms with E-state index in [9.17, 15) is 0 Å². The minimum atomic E-state index is -2.85. The van der Waals surface area contributed by atoms with Crippen LogP contribution in [0.1, 0.15) is 0 Å². The van der Waals surface area contributed by atoms with Gasteiger partial charge in [-0.05, 0) is 61.7 Å². The van der Waals surface area contributed by atoms with Crippen LogP contribution in [0.15, 0.2) is 267 Å². The highest BCUT2D eigenvalue weighted by Crippen LogP contribution is 2.40. The highest BCUT2D eigenvalue weighted by atomic mass is 28.3.